The van der Waals surface area contributed by atoms with E-state index in [4.69, 9.17) is 4.74 Å². The Hall–Kier alpha value is -3.52. The van der Waals surface area contributed by atoms with Crippen LogP contribution in [-0.4, -0.2) is 36.4 Å². The van der Waals surface area contributed by atoms with Crippen molar-refractivity contribution in [2.45, 2.75) is 26.3 Å². The average Bonchev–Trinajstić information content (AvgIpc) is 3.08. The van der Waals surface area contributed by atoms with Crippen LogP contribution in [0, 0.1) is 11.3 Å². The number of halogens is 3. The Kier molecular flexibility index (Phi) is 7.05. The van der Waals surface area contributed by atoms with E-state index in [9.17, 15) is 28.0 Å². The summed E-state index contributed by atoms with van der Waals surface area (Å²) in [6.07, 6.45) is -2.61. The molecule has 0 spiro atoms. The zero-order valence-corrected chi connectivity index (χ0v) is 17.7. The van der Waals surface area contributed by atoms with Crippen molar-refractivity contribution in [3.63, 3.8) is 0 Å². The van der Waals surface area contributed by atoms with Gasteiger partial charge in [-0.2, -0.15) is 5.26 Å². The molecule has 1 aromatic carbocycles. The molecule has 0 unspecified atom stereocenters. The van der Waals surface area contributed by atoms with Crippen LogP contribution in [0.25, 0.3) is 6.08 Å². The molecule has 0 bridgehead atoms. The minimum absolute atomic E-state index is 0.0658. The maximum atomic E-state index is 12.5. The molecular formula is C21H18F3N3O4S. The first-order valence-electron chi connectivity index (χ1n) is 9.52. The van der Waals surface area contributed by atoms with Crippen molar-refractivity contribution in [1.82, 2.24) is 4.90 Å². The monoisotopic (exact) mass is 465 g/mol. The number of rotatable bonds is 5. The van der Waals surface area contributed by atoms with Crippen LogP contribution in [0.4, 0.5) is 23.0 Å². The van der Waals surface area contributed by atoms with Crippen LogP contribution in [0.1, 0.15) is 28.5 Å². The largest absolute Gasteiger partial charge is 0.573 e. The number of alkyl halides is 3. The van der Waals surface area contributed by atoms with Crippen LogP contribution in [-0.2, 0) is 22.5 Å². The molecule has 168 valence electrons. The molecule has 1 aromatic heterocycles. The van der Waals surface area contributed by atoms with Gasteiger partial charge in [0.25, 0.3) is 0 Å². The Labute approximate surface area is 185 Å². The molecular weight excluding hydrogens is 447 g/mol. The van der Waals surface area contributed by atoms with E-state index in [2.05, 4.69) is 16.1 Å². The first kappa shape index (κ1) is 23.1. The number of ether oxygens (including phenoxy) is 2. The quantitative estimate of drug-likeness (QED) is 0.647. The van der Waals surface area contributed by atoms with Crippen molar-refractivity contribution in [2.24, 2.45) is 0 Å². The minimum Gasteiger partial charge on any atom is -0.450 e. The third-order valence-corrected chi connectivity index (χ3v) is 5.62. The molecule has 2 aromatic rings. The van der Waals surface area contributed by atoms with Gasteiger partial charge >= 0.3 is 12.5 Å². The number of thiophene rings is 1. The summed E-state index contributed by atoms with van der Waals surface area (Å²) >= 11 is 1.18. The van der Waals surface area contributed by atoms with E-state index >= 15 is 0 Å². The second-order valence-corrected chi connectivity index (χ2v) is 7.70. The fourth-order valence-corrected chi connectivity index (χ4v) is 4.35. The molecule has 2 amide bonds. The molecule has 0 fully saturated rings. The number of para-hydroxylation sites is 1. The summed E-state index contributed by atoms with van der Waals surface area (Å²) < 4.78 is 46.6. The third kappa shape index (κ3) is 5.59. The number of anilines is 1. The fourth-order valence-electron chi connectivity index (χ4n) is 3.14. The van der Waals surface area contributed by atoms with E-state index < -0.39 is 24.1 Å². The van der Waals surface area contributed by atoms with E-state index in [1.807, 2.05) is 0 Å². The van der Waals surface area contributed by atoms with E-state index in [1.54, 1.807) is 6.92 Å². The van der Waals surface area contributed by atoms with Gasteiger partial charge in [0.2, 0.25) is 5.91 Å². The van der Waals surface area contributed by atoms with Gasteiger partial charge in [0.1, 0.15) is 16.8 Å². The lowest BCUT2D eigenvalue weighted by Crippen LogP contribution is -2.35. The van der Waals surface area contributed by atoms with Gasteiger partial charge in [0.15, 0.2) is 0 Å². The molecule has 3 rings (SSSR count). The SMILES string of the molecule is CCOC(=O)N1CCc2c(sc(NC(=O)/C=C/c3ccccc3OC(F)(F)F)c2C#N)C1. The minimum atomic E-state index is -4.86. The van der Waals surface area contributed by atoms with Crippen LogP contribution in [0.3, 0.4) is 0 Å². The van der Waals surface area contributed by atoms with Crippen molar-refractivity contribution < 1.29 is 32.2 Å². The van der Waals surface area contributed by atoms with Gasteiger partial charge in [-0.1, -0.05) is 18.2 Å². The Morgan fingerprint density at radius 2 is 2.09 bits per heavy atom. The van der Waals surface area contributed by atoms with Crippen molar-refractivity contribution in [2.75, 3.05) is 18.5 Å². The molecule has 11 heteroatoms. The van der Waals surface area contributed by atoms with Crippen molar-refractivity contribution in [3.8, 4) is 11.8 Å². The Morgan fingerprint density at radius 1 is 1.34 bits per heavy atom. The zero-order chi connectivity index (χ0) is 23.3. The lowest BCUT2D eigenvalue weighted by Gasteiger charge is -2.25. The third-order valence-electron chi connectivity index (χ3n) is 4.49. The number of amides is 2. The number of fused-ring (bicyclic) bond motifs is 1. The Bertz CT molecular complexity index is 1090. The summed E-state index contributed by atoms with van der Waals surface area (Å²) in [4.78, 5) is 26.6. The standard InChI is InChI=1S/C21H18F3N3O4S/c1-2-30-20(29)27-10-9-14-15(11-25)19(32-17(14)12-27)26-18(28)8-7-13-5-3-4-6-16(13)31-21(22,23)24/h3-8H,2,9-10,12H2,1H3,(H,26,28)/b8-7+. The van der Waals surface area contributed by atoms with Gasteiger partial charge in [-0.05, 0) is 31.1 Å². The molecule has 0 atom stereocenters. The lowest BCUT2D eigenvalue weighted by molar-refractivity contribution is -0.274. The Morgan fingerprint density at radius 3 is 2.78 bits per heavy atom. The topological polar surface area (TPSA) is 91.7 Å². The van der Waals surface area contributed by atoms with Gasteiger partial charge in [-0.25, -0.2) is 4.79 Å². The summed E-state index contributed by atoms with van der Waals surface area (Å²) in [5.41, 5.74) is 1.15. The number of hydrogen-bond acceptors (Lipinski definition) is 6. The van der Waals surface area contributed by atoms with Gasteiger partial charge in [-0.3, -0.25) is 4.79 Å². The first-order chi connectivity index (χ1) is 15.2. The van der Waals surface area contributed by atoms with Crippen molar-refractivity contribution in [1.29, 1.82) is 5.26 Å². The summed E-state index contributed by atoms with van der Waals surface area (Å²) in [7, 11) is 0. The average molecular weight is 465 g/mol. The molecule has 2 heterocycles. The molecule has 0 aliphatic carbocycles. The first-order valence-corrected chi connectivity index (χ1v) is 10.3. The van der Waals surface area contributed by atoms with E-state index in [0.717, 1.165) is 22.6 Å². The number of carbonyl (C=O) groups is 2. The van der Waals surface area contributed by atoms with Crippen molar-refractivity contribution >= 4 is 34.4 Å². The second-order valence-electron chi connectivity index (χ2n) is 6.60. The zero-order valence-electron chi connectivity index (χ0n) is 16.9. The number of benzene rings is 1. The van der Waals surface area contributed by atoms with E-state index in [0.29, 0.717) is 23.5 Å². The van der Waals surface area contributed by atoms with Crippen LogP contribution < -0.4 is 10.1 Å². The Balaban J connectivity index is 1.74. The molecule has 32 heavy (non-hydrogen) atoms. The molecule has 1 aliphatic rings. The van der Waals surface area contributed by atoms with Gasteiger partial charge in [0, 0.05) is 23.1 Å². The highest BCUT2D eigenvalue weighted by Crippen LogP contribution is 2.37. The number of nitriles is 1. The van der Waals surface area contributed by atoms with Gasteiger partial charge in [0.05, 0.1) is 18.7 Å². The normalized spacial score (nSPS) is 13.4. The van der Waals surface area contributed by atoms with E-state index in [1.165, 1.54) is 40.5 Å². The predicted octanol–water partition coefficient (Wildman–Crippen LogP) is 4.68. The maximum absolute atomic E-state index is 12.5. The number of nitrogens with zero attached hydrogens (tertiary/aromatic N) is 2. The molecule has 1 N–H and O–H groups in total. The van der Waals surface area contributed by atoms with Gasteiger partial charge < -0.3 is 19.7 Å². The number of nitrogens with one attached hydrogen (secondary N) is 1. The summed E-state index contributed by atoms with van der Waals surface area (Å²) in [6, 6.07) is 7.49. The molecule has 0 saturated carbocycles. The molecule has 7 nitrogen and oxygen atoms in total. The highest BCUT2D eigenvalue weighted by molar-refractivity contribution is 7.16. The lowest BCUT2D eigenvalue weighted by atomic mass is 10.0. The smallest absolute Gasteiger partial charge is 0.450 e. The molecule has 1 aliphatic heterocycles. The van der Waals surface area contributed by atoms with E-state index in [-0.39, 0.29) is 18.7 Å². The molecule has 0 radical (unpaired) electrons. The highest BCUT2D eigenvalue weighted by atomic mass is 32.1. The fraction of sp³-hybridized carbons (Fsp3) is 0.286. The summed E-state index contributed by atoms with van der Waals surface area (Å²) in [6.45, 7) is 2.61. The summed E-state index contributed by atoms with van der Waals surface area (Å²) in [5, 5.41) is 12.5. The summed E-state index contributed by atoms with van der Waals surface area (Å²) in [5.74, 6) is -1.06. The maximum Gasteiger partial charge on any atom is 0.573 e. The highest BCUT2D eigenvalue weighted by Gasteiger charge is 2.32. The molecule has 0 saturated heterocycles. The van der Waals surface area contributed by atoms with Gasteiger partial charge in [-0.15, -0.1) is 24.5 Å². The second kappa shape index (κ2) is 9.74. The van der Waals surface area contributed by atoms with Crippen LogP contribution >= 0.6 is 11.3 Å². The van der Waals surface area contributed by atoms with Crippen LogP contribution in [0.5, 0.6) is 5.75 Å². The number of hydrogen-bond donors (Lipinski definition) is 1. The van der Waals surface area contributed by atoms with Crippen LogP contribution in [0.15, 0.2) is 30.3 Å². The van der Waals surface area contributed by atoms with Crippen molar-refractivity contribution in [3.05, 3.63) is 51.9 Å². The van der Waals surface area contributed by atoms with Crippen LogP contribution in [0.2, 0.25) is 0 Å². The number of carbonyl (C=O) groups excluding carboxylic acids is 2. The predicted molar refractivity (Wildman–Crippen MR) is 111 cm³/mol.